The zero-order chi connectivity index (χ0) is 14.4. The van der Waals surface area contributed by atoms with Crippen LogP contribution in [0.4, 0.5) is 0 Å². The maximum absolute atomic E-state index is 3.55. The van der Waals surface area contributed by atoms with Gasteiger partial charge in [-0.15, -0.1) is 0 Å². The quantitative estimate of drug-likeness (QED) is 0.795. The van der Waals surface area contributed by atoms with E-state index >= 15 is 0 Å². The predicted octanol–water partition coefficient (Wildman–Crippen LogP) is 3.20. The molecule has 4 rings (SSSR count). The summed E-state index contributed by atoms with van der Waals surface area (Å²) < 4.78 is 0. The topological polar surface area (TPSA) is 22.3 Å². The third-order valence-electron chi connectivity index (χ3n) is 4.51. The van der Waals surface area contributed by atoms with Crippen molar-refractivity contribution in [3.05, 3.63) is 47.5 Å². The van der Waals surface area contributed by atoms with Gasteiger partial charge in [-0.25, -0.2) is 0 Å². The number of nitrogens with zero attached hydrogens (tertiary/aromatic N) is 2. The molecule has 3 nitrogen and oxygen atoms in total. The number of hydrogen-bond acceptors (Lipinski definition) is 2. The van der Waals surface area contributed by atoms with E-state index in [0.717, 1.165) is 26.2 Å². The zero-order valence-electron chi connectivity index (χ0n) is 12.7. The lowest BCUT2D eigenvalue weighted by molar-refractivity contribution is 0.247. The minimum atomic E-state index is 1.07. The van der Waals surface area contributed by atoms with Crippen LogP contribution in [0.2, 0.25) is 0 Å². The van der Waals surface area contributed by atoms with E-state index in [4.69, 9.17) is 0 Å². The number of fused-ring (bicyclic) bond motifs is 5. The Kier molecular flexibility index (Phi) is 2.98. The van der Waals surface area contributed by atoms with Crippen LogP contribution in [0.5, 0.6) is 0 Å². The smallest absolute Gasteiger partial charge is 0.0468 e. The van der Waals surface area contributed by atoms with Crippen LogP contribution in [-0.2, 0) is 13.1 Å². The van der Waals surface area contributed by atoms with Crippen molar-refractivity contribution in [1.29, 1.82) is 0 Å². The molecule has 0 saturated heterocycles. The van der Waals surface area contributed by atoms with Gasteiger partial charge in [-0.1, -0.05) is 24.3 Å². The minimum absolute atomic E-state index is 1.07. The lowest BCUT2D eigenvalue weighted by Gasteiger charge is -2.17. The molecule has 0 unspecified atom stereocenters. The second kappa shape index (κ2) is 4.86. The molecule has 1 N–H and O–H groups in total. The lowest BCUT2D eigenvalue weighted by atomic mass is 10.0. The summed E-state index contributed by atoms with van der Waals surface area (Å²) in [6.45, 7) is 4.40. The predicted molar refractivity (Wildman–Crippen MR) is 88.5 cm³/mol. The molecule has 3 aromatic rings. The summed E-state index contributed by atoms with van der Waals surface area (Å²) in [6.07, 6.45) is 0. The molecule has 21 heavy (non-hydrogen) atoms. The summed E-state index contributed by atoms with van der Waals surface area (Å²) in [5.41, 5.74) is 5.52. The summed E-state index contributed by atoms with van der Waals surface area (Å²) in [5, 5.41) is 2.79. The maximum atomic E-state index is 3.55. The van der Waals surface area contributed by atoms with E-state index in [0.29, 0.717) is 0 Å². The van der Waals surface area contributed by atoms with Crippen LogP contribution in [0.25, 0.3) is 21.8 Å². The highest BCUT2D eigenvalue weighted by Gasteiger charge is 2.22. The fraction of sp³-hybridized carbons (Fsp3) is 0.333. The molecule has 0 radical (unpaired) electrons. The number of likely N-dealkylation sites (N-methyl/N-ethyl adjacent to an activating group) is 1. The number of aromatic nitrogens is 1. The number of rotatable bonds is 3. The fourth-order valence-corrected chi connectivity index (χ4v) is 3.41. The highest BCUT2D eigenvalue weighted by Crippen LogP contribution is 2.34. The van der Waals surface area contributed by atoms with Crippen LogP contribution in [0.15, 0.2) is 36.4 Å². The Bertz CT molecular complexity index is 801. The van der Waals surface area contributed by atoms with Gasteiger partial charge in [-0.05, 0) is 37.4 Å². The first kappa shape index (κ1) is 12.9. The molecule has 1 aliphatic heterocycles. The van der Waals surface area contributed by atoms with Crippen molar-refractivity contribution in [3.63, 3.8) is 0 Å². The third-order valence-corrected chi connectivity index (χ3v) is 4.51. The highest BCUT2D eigenvalue weighted by atomic mass is 15.2. The summed E-state index contributed by atoms with van der Waals surface area (Å²) in [7, 11) is 4.28. The number of aromatic amines is 1. The third kappa shape index (κ3) is 2.13. The lowest BCUT2D eigenvalue weighted by Crippen LogP contribution is -2.27. The normalized spacial score (nSPS) is 15.4. The monoisotopic (exact) mass is 279 g/mol. The van der Waals surface area contributed by atoms with E-state index in [1.165, 1.54) is 32.9 Å². The van der Waals surface area contributed by atoms with Gasteiger partial charge in [0.05, 0.1) is 0 Å². The average Bonchev–Trinajstić information content (AvgIpc) is 3.04. The van der Waals surface area contributed by atoms with Crippen LogP contribution in [-0.4, -0.2) is 42.0 Å². The molecule has 3 heteroatoms. The van der Waals surface area contributed by atoms with Crippen LogP contribution >= 0.6 is 0 Å². The number of para-hydroxylation sites is 1. The number of H-pyrrole nitrogens is 1. The Balaban J connectivity index is 1.77. The SMILES string of the molecule is CN(C)CCN1Cc2ccc3[nH]c4ccccc4c3c2C1. The van der Waals surface area contributed by atoms with E-state index in [2.05, 4.69) is 65.3 Å². The summed E-state index contributed by atoms with van der Waals surface area (Å²) >= 11 is 0. The van der Waals surface area contributed by atoms with E-state index in [9.17, 15) is 0 Å². The summed E-state index contributed by atoms with van der Waals surface area (Å²) in [6, 6.07) is 13.2. The molecule has 1 aliphatic rings. The van der Waals surface area contributed by atoms with Crippen LogP contribution in [0.3, 0.4) is 0 Å². The minimum Gasteiger partial charge on any atom is -0.355 e. The molecule has 0 bridgehead atoms. The second-order valence-electron chi connectivity index (χ2n) is 6.31. The van der Waals surface area contributed by atoms with E-state index < -0.39 is 0 Å². The molecule has 2 aromatic carbocycles. The molecule has 0 saturated carbocycles. The van der Waals surface area contributed by atoms with Crippen molar-refractivity contribution >= 4 is 21.8 Å². The van der Waals surface area contributed by atoms with Gasteiger partial charge in [0, 0.05) is 48.0 Å². The molecule has 0 aliphatic carbocycles. The van der Waals surface area contributed by atoms with Crippen molar-refractivity contribution < 1.29 is 0 Å². The molecule has 0 atom stereocenters. The number of hydrogen-bond donors (Lipinski definition) is 1. The average molecular weight is 279 g/mol. The van der Waals surface area contributed by atoms with Crippen molar-refractivity contribution in [3.8, 4) is 0 Å². The van der Waals surface area contributed by atoms with Gasteiger partial charge in [0.25, 0.3) is 0 Å². The molecule has 0 amide bonds. The van der Waals surface area contributed by atoms with Crippen molar-refractivity contribution in [2.75, 3.05) is 27.2 Å². The Labute approximate surface area is 125 Å². The summed E-state index contributed by atoms with van der Waals surface area (Å²) in [4.78, 5) is 8.35. The zero-order valence-corrected chi connectivity index (χ0v) is 12.7. The van der Waals surface area contributed by atoms with E-state index in [1.54, 1.807) is 0 Å². The first-order valence-electron chi connectivity index (χ1n) is 7.60. The van der Waals surface area contributed by atoms with Gasteiger partial charge in [0.1, 0.15) is 0 Å². The van der Waals surface area contributed by atoms with Crippen molar-refractivity contribution in [2.45, 2.75) is 13.1 Å². The van der Waals surface area contributed by atoms with E-state index in [1.807, 2.05) is 0 Å². The molecule has 2 heterocycles. The molecule has 108 valence electrons. The molecular weight excluding hydrogens is 258 g/mol. The molecular formula is C18H21N3. The van der Waals surface area contributed by atoms with Gasteiger partial charge >= 0.3 is 0 Å². The number of benzene rings is 2. The van der Waals surface area contributed by atoms with Crippen molar-refractivity contribution in [2.24, 2.45) is 0 Å². The maximum Gasteiger partial charge on any atom is 0.0468 e. The van der Waals surface area contributed by atoms with Crippen LogP contribution in [0, 0.1) is 0 Å². The first-order valence-corrected chi connectivity index (χ1v) is 7.60. The van der Waals surface area contributed by atoms with Gasteiger partial charge in [0.15, 0.2) is 0 Å². The first-order chi connectivity index (χ1) is 10.2. The Hall–Kier alpha value is -1.84. The number of nitrogens with one attached hydrogen (secondary N) is 1. The largest absolute Gasteiger partial charge is 0.355 e. The molecule has 1 aromatic heterocycles. The molecule has 0 spiro atoms. The van der Waals surface area contributed by atoms with Crippen LogP contribution in [0.1, 0.15) is 11.1 Å². The second-order valence-corrected chi connectivity index (χ2v) is 6.31. The Morgan fingerprint density at radius 3 is 2.76 bits per heavy atom. The van der Waals surface area contributed by atoms with Gasteiger partial charge < -0.3 is 9.88 Å². The highest BCUT2D eigenvalue weighted by molar-refractivity contribution is 6.09. The van der Waals surface area contributed by atoms with Gasteiger partial charge in [0.2, 0.25) is 0 Å². The fourth-order valence-electron chi connectivity index (χ4n) is 3.41. The van der Waals surface area contributed by atoms with E-state index in [-0.39, 0.29) is 0 Å². The Morgan fingerprint density at radius 2 is 1.90 bits per heavy atom. The summed E-state index contributed by atoms with van der Waals surface area (Å²) in [5.74, 6) is 0. The van der Waals surface area contributed by atoms with Crippen molar-refractivity contribution in [1.82, 2.24) is 14.8 Å². The molecule has 0 fully saturated rings. The van der Waals surface area contributed by atoms with Crippen LogP contribution < -0.4 is 0 Å². The standard InChI is InChI=1S/C18H21N3/c1-20(2)9-10-21-11-13-7-8-17-18(15(13)12-21)14-5-3-4-6-16(14)19-17/h3-8,19H,9-12H2,1-2H3. The van der Waals surface area contributed by atoms with Gasteiger partial charge in [-0.3, -0.25) is 4.90 Å². The van der Waals surface area contributed by atoms with Gasteiger partial charge in [-0.2, -0.15) is 0 Å². The Morgan fingerprint density at radius 1 is 1.05 bits per heavy atom.